The lowest BCUT2D eigenvalue weighted by Gasteiger charge is -2.31. The number of anilines is 1. The summed E-state index contributed by atoms with van der Waals surface area (Å²) in [5, 5.41) is 11.8. The zero-order valence-electron chi connectivity index (χ0n) is 11.7. The minimum atomic E-state index is -0.896. The van der Waals surface area contributed by atoms with Gasteiger partial charge in [0, 0.05) is 31.7 Å². The summed E-state index contributed by atoms with van der Waals surface area (Å²) in [7, 11) is 0. The second-order valence-corrected chi connectivity index (χ2v) is 4.94. The van der Waals surface area contributed by atoms with Crippen LogP contribution in [0.15, 0.2) is 18.2 Å². The SMILES string of the molecule is CCNC(=O)CCN1CCCc2cc(C(=O)O)ccc21. The van der Waals surface area contributed by atoms with E-state index in [0.29, 0.717) is 25.1 Å². The molecule has 1 aliphatic heterocycles. The first-order chi connectivity index (χ1) is 9.61. The molecule has 1 aromatic rings. The van der Waals surface area contributed by atoms with Crippen molar-refractivity contribution in [3.8, 4) is 0 Å². The molecule has 1 heterocycles. The Balaban J connectivity index is 2.08. The Morgan fingerprint density at radius 1 is 1.40 bits per heavy atom. The molecular formula is C15H20N2O3. The zero-order chi connectivity index (χ0) is 14.5. The number of aryl methyl sites for hydroxylation is 1. The van der Waals surface area contributed by atoms with Crippen LogP contribution in [0, 0.1) is 0 Å². The zero-order valence-corrected chi connectivity index (χ0v) is 11.7. The van der Waals surface area contributed by atoms with Gasteiger partial charge in [-0.2, -0.15) is 0 Å². The number of fused-ring (bicyclic) bond motifs is 1. The van der Waals surface area contributed by atoms with E-state index in [9.17, 15) is 9.59 Å². The van der Waals surface area contributed by atoms with E-state index in [1.165, 1.54) is 0 Å². The van der Waals surface area contributed by atoms with Crippen molar-refractivity contribution >= 4 is 17.6 Å². The lowest BCUT2D eigenvalue weighted by atomic mass is 9.99. The summed E-state index contributed by atoms with van der Waals surface area (Å²) in [5.41, 5.74) is 2.45. The molecule has 2 N–H and O–H groups in total. The molecule has 20 heavy (non-hydrogen) atoms. The molecule has 1 aromatic carbocycles. The van der Waals surface area contributed by atoms with Crippen LogP contribution in [-0.2, 0) is 11.2 Å². The molecule has 108 valence electrons. The van der Waals surface area contributed by atoms with Gasteiger partial charge in [-0.15, -0.1) is 0 Å². The van der Waals surface area contributed by atoms with Gasteiger partial charge in [0.1, 0.15) is 0 Å². The number of carbonyl (C=O) groups is 2. The lowest BCUT2D eigenvalue weighted by Crippen LogP contribution is -2.34. The number of benzene rings is 1. The van der Waals surface area contributed by atoms with Gasteiger partial charge in [-0.3, -0.25) is 4.79 Å². The van der Waals surface area contributed by atoms with Gasteiger partial charge in [-0.25, -0.2) is 4.79 Å². The van der Waals surface area contributed by atoms with E-state index in [1.54, 1.807) is 12.1 Å². The molecule has 0 unspecified atom stereocenters. The molecule has 0 bridgehead atoms. The number of hydrogen-bond acceptors (Lipinski definition) is 3. The van der Waals surface area contributed by atoms with Gasteiger partial charge in [0.15, 0.2) is 0 Å². The average molecular weight is 276 g/mol. The van der Waals surface area contributed by atoms with Gasteiger partial charge in [-0.05, 0) is 43.5 Å². The van der Waals surface area contributed by atoms with Crippen LogP contribution in [0.5, 0.6) is 0 Å². The summed E-state index contributed by atoms with van der Waals surface area (Å²) in [6.45, 7) is 4.14. The predicted molar refractivity (Wildman–Crippen MR) is 77.2 cm³/mol. The Hall–Kier alpha value is -2.04. The highest BCUT2D eigenvalue weighted by molar-refractivity contribution is 5.88. The van der Waals surface area contributed by atoms with Crippen molar-refractivity contribution in [1.29, 1.82) is 0 Å². The van der Waals surface area contributed by atoms with Gasteiger partial charge in [-0.1, -0.05) is 0 Å². The van der Waals surface area contributed by atoms with Crippen molar-refractivity contribution in [2.75, 3.05) is 24.5 Å². The molecule has 0 radical (unpaired) electrons. The second-order valence-electron chi connectivity index (χ2n) is 4.94. The van der Waals surface area contributed by atoms with Crippen LogP contribution in [0.2, 0.25) is 0 Å². The molecule has 5 heteroatoms. The summed E-state index contributed by atoms with van der Waals surface area (Å²) >= 11 is 0. The molecule has 0 spiro atoms. The van der Waals surface area contributed by atoms with Crippen LogP contribution in [0.25, 0.3) is 0 Å². The summed E-state index contributed by atoms with van der Waals surface area (Å²) in [5.74, 6) is -0.839. The summed E-state index contributed by atoms with van der Waals surface area (Å²) < 4.78 is 0. The second kappa shape index (κ2) is 6.41. The van der Waals surface area contributed by atoms with Gasteiger partial charge in [0.2, 0.25) is 5.91 Å². The van der Waals surface area contributed by atoms with Crippen LogP contribution in [0.3, 0.4) is 0 Å². The molecule has 1 amide bonds. The molecule has 0 saturated heterocycles. The highest BCUT2D eigenvalue weighted by Crippen LogP contribution is 2.28. The molecule has 0 saturated carbocycles. The standard InChI is InChI=1S/C15H20N2O3/c1-2-16-14(18)7-9-17-8-3-4-11-10-12(15(19)20)5-6-13(11)17/h5-6,10H,2-4,7-9H2,1H3,(H,16,18)(H,19,20). The fourth-order valence-electron chi connectivity index (χ4n) is 2.56. The van der Waals surface area contributed by atoms with Crippen molar-refractivity contribution in [2.24, 2.45) is 0 Å². The van der Waals surface area contributed by atoms with Crippen LogP contribution >= 0.6 is 0 Å². The number of carboxylic acid groups (broad SMARTS) is 1. The van der Waals surface area contributed by atoms with E-state index in [1.807, 2.05) is 13.0 Å². The van der Waals surface area contributed by atoms with Crippen LogP contribution in [0.1, 0.15) is 35.7 Å². The third-order valence-electron chi connectivity index (χ3n) is 3.52. The van der Waals surface area contributed by atoms with Crippen LogP contribution in [-0.4, -0.2) is 36.6 Å². The number of amides is 1. The van der Waals surface area contributed by atoms with Gasteiger partial charge in [0.05, 0.1) is 5.56 Å². The lowest BCUT2D eigenvalue weighted by molar-refractivity contribution is -0.120. The maximum absolute atomic E-state index is 11.5. The number of rotatable bonds is 5. The van der Waals surface area contributed by atoms with E-state index in [0.717, 1.165) is 30.6 Å². The minimum absolute atomic E-state index is 0.0572. The van der Waals surface area contributed by atoms with Gasteiger partial charge < -0.3 is 15.3 Å². The number of aromatic carboxylic acids is 1. The Bertz CT molecular complexity index is 514. The summed E-state index contributed by atoms with van der Waals surface area (Å²) in [4.78, 5) is 24.7. The summed E-state index contributed by atoms with van der Waals surface area (Å²) in [6, 6.07) is 5.23. The fraction of sp³-hybridized carbons (Fsp3) is 0.467. The largest absolute Gasteiger partial charge is 0.478 e. The normalized spacial score (nSPS) is 13.8. The number of hydrogen-bond donors (Lipinski definition) is 2. The maximum atomic E-state index is 11.5. The first-order valence-corrected chi connectivity index (χ1v) is 6.99. The predicted octanol–water partition coefficient (Wildman–Crippen LogP) is 1.66. The highest BCUT2D eigenvalue weighted by Gasteiger charge is 2.18. The van der Waals surface area contributed by atoms with Crippen molar-refractivity contribution < 1.29 is 14.7 Å². The van der Waals surface area contributed by atoms with Gasteiger partial charge >= 0.3 is 5.97 Å². The Morgan fingerprint density at radius 3 is 2.90 bits per heavy atom. The average Bonchev–Trinajstić information content (AvgIpc) is 2.44. The first-order valence-electron chi connectivity index (χ1n) is 6.99. The quantitative estimate of drug-likeness (QED) is 0.858. The third kappa shape index (κ3) is 3.29. The number of carbonyl (C=O) groups excluding carboxylic acids is 1. The van der Waals surface area contributed by atoms with E-state index in [-0.39, 0.29) is 5.91 Å². The molecule has 5 nitrogen and oxygen atoms in total. The van der Waals surface area contributed by atoms with E-state index >= 15 is 0 Å². The topological polar surface area (TPSA) is 69.6 Å². The molecule has 0 aliphatic carbocycles. The van der Waals surface area contributed by atoms with Crippen molar-refractivity contribution in [1.82, 2.24) is 5.32 Å². The summed E-state index contributed by atoms with van der Waals surface area (Å²) in [6.07, 6.45) is 2.35. The van der Waals surface area contributed by atoms with Crippen molar-refractivity contribution in [3.63, 3.8) is 0 Å². The number of carboxylic acids is 1. The van der Waals surface area contributed by atoms with Crippen molar-refractivity contribution in [2.45, 2.75) is 26.2 Å². The molecular weight excluding hydrogens is 256 g/mol. The van der Waals surface area contributed by atoms with Crippen molar-refractivity contribution in [3.05, 3.63) is 29.3 Å². The monoisotopic (exact) mass is 276 g/mol. The number of nitrogens with zero attached hydrogens (tertiary/aromatic N) is 1. The Kier molecular flexibility index (Phi) is 4.61. The molecule has 2 rings (SSSR count). The third-order valence-corrected chi connectivity index (χ3v) is 3.52. The van der Waals surface area contributed by atoms with Crippen LogP contribution < -0.4 is 10.2 Å². The minimum Gasteiger partial charge on any atom is -0.478 e. The van der Waals surface area contributed by atoms with Crippen LogP contribution in [0.4, 0.5) is 5.69 Å². The fourth-order valence-corrected chi connectivity index (χ4v) is 2.56. The van der Waals surface area contributed by atoms with Gasteiger partial charge in [0.25, 0.3) is 0 Å². The Morgan fingerprint density at radius 2 is 2.20 bits per heavy atom. The van der Waals surface area contributed by atoms with E-state index in [4.69, 9.17) is 5.11 Å². The molecule has 1 aliphatic rings. The van der Waals surface area contributed by atoms with E-state index in [2.05, 4.69) is 10.2 Å². The number of nitrogens with one attached hydrogen (secondary N) is 1. The smallest absolute Gasteiger partial charge is 0.335 e. The maximum Gasteiger partial charge on any atom is 0.335 e. The molecule has 0 fully saturated rings. The van der Waals surface area contributed by atoms with E-state index < -0.39 is 5.97 Å². The first kappa shape index (κ1) is 14.4. The molecule has 0 aromatic heterocycles. The molecule has 0 atom stereocenters. The highest BCUT2D eigenvalue weighted by atomic mass is 16.4. The Labute approximate surface area is 118 Å².